The van der Waals surface area contributed by atoms with Crippen LogP contribution < -0.4 is 10.0 Å². The molecule has 0 amide bonds. The van der Waals surface area contributed by atoms with Gasteiger partial charge < -0.3 is 5.32 Å². The highest BCUT2D eigenvalue weighted by atomic mass is 35.5. The van der Waals surface area contributed by atoms with Crippen LogP contribution in [0.1, 0.15) is 5.56 Å². The van der Waals surface area contributed by atoms with Crippen LogP contribution in [0.2, 0.25) is 5.02 Å². The van der Waals surface area contributed by atoms with Gasteiger partial charge in [0.05, 0.1) is 16.3 Å². The molecule has 25 heavy (non-hydrogen) atoms. The van der Waals surface area contributed by atoms with Crippen LogP contribution in [0, 0.1) is 6.92 Å². The first-order chi connectivity index (χ1) is 11.9. The molecular weight excluding hydrogens is 356 g/mol. The minimum atomic E-state index is -3.66. The number of anilines is 3. The standard InChI is InChI=1S/C19H17ClN2O2S/c1-14-6-12-17(13-7-14)25(23,24)22-19-5-3-2-4-18(19)21-16-10-8-15(20)9-11-16/h2-13,21-22H,1H3. The lowest BCUT2D eigenvalue weighted by molar-refractivity contribution is 0.601. The van der Waals surface area contributed by atoms with E-state index in [0.29, 0.717) is 16.4 Å². The summed E-state index contributed by atoms with van der Waals surface area (Å²) >= 11 is 5.89. The molecule has 0 radical (unpaired) electrons. The van der Waals surface area contributed by atoms with Gasteiger partial charge in [-0.05, 0) is 55.5 Å². The molecule has 0 saturated heterocycles. The van der Waals surface area contributed by atoms with E-state index in [1.54, 1.807) is 48.5 Å². The van der Waals surface area contributed by atoms with Crippen molar-refractivity contribution in [2.24, 2.45) is 0 Å². The Morgan fingerprint density at radius 3 is 2.04 bits per heavy atom. The van der Waals surface area contributed by atoms with Crippen molar-refractivity contribution >= 4 is 38.7 Å². The molecule has 3 aromatic carbocycles. The Balaban J connectivity index is 1.87. The number of para-hydroxylation sites is 2. The van der Waals surface area contributed by atoms with Crippen LogP contribution >= 0.6 is 11.6 Å². The summed E-state index contributed by atoms with van der Waals surface area (Å²) in [6.07, 6.45) is 0. The normalized spacial score (nSPS) is 11.1. The number of sulfonamides is 1. The molecule has 4 nitrogen and oxygen atoms in total. The zero-order valence-electron chi connectivity index (χ0n) is 13.5. The van der Waals surface area contributed by atoms with E-state index in [0.717, 1.165) is 11.3 Å². The minimum Gasteiger partial charge on any atom is -0.354 e. The lowest BCUT2D eigenvalue weighted by Crippen LogP contribution is -2.14. The Morgan fingerprint density at radius 2 is 1.40 bits per heavy atom. The van der Waals surface area contributed by atoms with Crippen LogP contribution in [0.3, 0.4) is 0 Å². The van der Waals surface area contributed by atoms with Crippen LogP contribution in [0.5, 0.6) is 0 Å². The maximum atomic E-state index is 12.6. The van der Waals surface area contributed by atoms with Crippen molar-refractivity contribution in [3.63, 3.8) is 0 Å². The number of hydrogen-bond donors (Lipinski definition) is 2. The molecule has 3 rings (SSSR count). The highest BCUT2D eigenvalue weighted by Crippen LogP contribution is 2.28. The quantitative estimate of drug-likeness (QED) is 0.647. The first-order valence-corrected chi connectivity index (χ1v) is 9.51. The smallest absolute Gasteiger partial charge is 0.261 e. The third kappa shape index (κ3) is 4.32. The van der Waals surface area contributed by atoms with Gasteiger partial charge in [-0.3, -0.25) is 4.72 Å². The SMILES string of the molecule is Cc1ccc(S(=O)(=O)Nc2ccccc2Nc2ccc(Cl)cc2)cc1. The second-order valence-corrected chi connectivity index (χ2v) is 7.71. The molecule has 0 saturated carbocycles. The van der Waals surface area contributed by atoms with Gasteiger partial charge in [-0.25, -0.2) is 8.42 Å². The summed E-state index contributed by atoms with van der Waals surface area (Å²) in [7, 11) is -3.66. The lowest BCUT2D eigenvalue weighted by atomic mass is 10.2. The molecule has 2 N–H and O–H groups in total. The molecule has 0 unspecified atom stereocenters. The van der Waals surface area contributed by atoms with Crippen molar-refractivity contribution in [3.8, 4) is 0 Å². The zero-order chi connectivity index (χ0) is 17.9. The second-order valence-electron chi connectivity index (χ2n) is 5.60. The molecule has 128 valence electrons. The number of nitrogens with one attached hydrogen (secondary N) is 2. The zero-order valence-corrected chi connectivity index (χ0v) is 15.1. The van der Waals surface area contributed by atoms with E-state index in [1.807, 2.05) is 31.2 Å². The molecular formula is C19H17ClN2O2S. The fourth-order valence-corrected chi connectivity index (χ4v) is 3.50. The van der Waals surface area contributed by atoms with Crippen LogP contribution in [-0.4, -0.2) is 8.42 Å². The molecule has 0 aromatic heterocycles. The Hall–Kier alpha value is -2.50. The van der Waals surface area contributed by atoms with Crippen LogP contribution in [0.15, 0.2) is 77.7 Å². The summed E-state index contributed by atoms with van der Waals surface area (Å²) in [5, 5.41) is 3.84. The van der Waals surface area contributed by atoms with Crippen LogP contribution in [0.4, 0.5) is 17.1 Å². The van der Waals surface area contributed by atoms with E-state index >= 15 is 0 Å². The minimum absolute atomic E-state index is 0.222. The Morgan fingerprint density at radius 1 is 0.800 bits per heavy atom. The third-order valence-corrected chi connectivity index (χ3v) is 5.26. The highest BCUT2D eigenvalue weighted by molar-refractivity contribution is 7.92. The Kier molecular flexibility index (Phi) is 4.97. The molecule has 6 heteroatoms. The van der Waals surface area contributed by atoms with E-state index in [9.17, 15) is 8.42 Å². The van der Waals surface area contributed by atoms with Crippen molar-refractivity contribution in [1.82, 2.24) is 0 Å². The van der Waals surface area contributed by atoms with Gasteiger partial charge in [0.2, 0.25) is 0 Å². The van der Waals surface area contributed by atoms with Crippen molar-refractivity contribution in [2.45, 2.75) is 11.8 Å². The predicted molar refractivity (Wildman–Crippen MR) is 103 cm³/mol. The van der Waals surface area contributed by atoms with E-state index in [-0.39, 0.29) is 4.90 Å². The highest BCUT2D eigenvalue weighted by Gasteiger charge is 2.15. The Labute approximate surface area is 152 Å². The number of rotatable bonds is 5. The van der Waals surface area contributed by atoms with E-state index in [1.165, 1.54) is 0 Å². The molecule has 0 aliphatic rings. The summed E-state index contributed by atoms with van der Waals surface area (Å²) in [5.74, 6) is 0. The number of aryl methyl sites for hydroxylation is 1. The predicted octanol–water partition coefficient (Wildman–Crippen LogP) is 5.19. The first kappa shape index (κ1) is 17.3. The average molecular weight is 373 g/mol. The van der Waals surface area contributed by atoms with Gasteiger partial charge in [-0.1, -0.05) is 41.4 Å². The van der Waals surface area contributed by atoms with Gasteiger partial charge >= 0.3 is 0 Å². The molecule has 0 bridgehead atoms. The van der Waals surface area contributed by atoms with Gasteiger partial charge in [0, 0.05) is 10.7 Å². The molecule has 0 heterocycles. The van der Waals surface area contributed by atoms with Gasteiger partial charge in [-0.15, -0.1) is 0 Å². The van der Waals surface area contributed by atoms with Gasteiger partial charge in [0.15, 0.2) is 0 Å². The lowest BCUT2D eigenvalue weighted by Gasteiger charge is -2.14. The monoisotopic (exact) mass is 372 g/mol. The number of halogens is 1. The summed E-state index contributed by atoms with van der Waals surface area (Å²) in [6.45, 7) is 1.91. The summed E-state index contributed by atoms with van der Waals surface area (Å²) in [4.78, 5) is 0.222. The van der Waals surface area contributed by atoms with E-state index < -0.39 is 10.0 Å². The largest absolute Gasteiger partial charge is 0.354 e. The molecule has 3 aromatic rings. The van der Waals surface area contributed by atoms with E-state index in [4.69, 9.17) is 11.6 Å². The summed E-state index contributed by atoms with van der Waals surface area (Å²) in [5.41, 5.74) is 2.94. The van der Waals surface area contributed by atoms with Crippen molar-refractivity contribution in [1.29, 1.82) is 0 Å². The van der Waals surface area contributed by atoms with Crippen LogP contribution in [-0.2, 0) is 10.0 Å². The molecule has 0 aliphatic heterocycles. The number of benzene rings is 3. The van der Waals surface area contributed by atoms with Crippen LogP contribution in [0.25, 0.3) is 0 Å². The van der Waals surface area contributed by atoms with Gasteiger partial charge in [0.25, 0.3) is 10.0 Å². The maximum absolute atomic E-state index is 12.6. The summed E-state index contributed by atoms with van der Waals surface area (Å²) < 4.78 is 27.8. The average Bonchev–Trinajstić information content (AvgIpc) is 2.59. The fraction of sp³-hybridized carbons (Fsp3) is 0.0526. The van der Waals surface area contributed by atoms with Gasteiger partial charge in [-0.2, -0.15) is 0 Å². The molecule has 0 fully saturated rings. The molecule has 0 aliphatic carbocycles. The first-order valence-electron chi connectivity index (χ1n) is 7.65. The Bertz CT molecular complexity index is 969. The number of hydrogen-bond acceptors (Lipinski definition) is 3. The van der Waals surface area contributed by atoms with Crippen molar-refractivity contribution in [3.05, 3.63) is 83.4 Å². The maximum Gasteiger partial charge on any atom is 0.261 e. The third-order valence-electron chi connectivity index (χ3n) is 3.63. The molecule has 0 atom stereocenters. The van der Waals surface area contributed by atoms with Crippen molar-refractivity contribution < 1.29 is 8.42 Å². The van der Waals surface area contributed by atoms with Crippen molar-refractivity contribution in [2.75, 3.05) is 10.0 Å². The fourth-order valence-electron chi connectivity index (χ4n) is 2.29. The molecule has 0 spiro atoms. The van der Waals surface area contributed by atoms with E-state index in [2.05, 4.69) is 10.0 Å². The second kappa shape index (κ2) is 7.17. The van der Waals surface area contributed by atoms with Gasteiger partial charge in [0.1, 0.15) is 0 Å². The summed E-state index contributed by atoms with van der Waals surface area (Å²) in [6, 6.07) is 21.0. The topological polar surface area (TPSA) is 58.2 Å².